The fourth-order valence-electron chi connectivity index (χ4n) is 1.99. The number of carboxylic acids is 1. The van der Waals surface area contributed by atoms with Crippen molar-refractivity contribution in [2.75, 3.05) is 5.32 Å². The largest absolute Gasteiger partial charge is 0.481 e. The summed E-state index contributed by atoms with van der Waals surface area (Å²) in [6.07, 6.45) is 1.44. The van der Waals surface area contributed by atoms with E-state index in [0.717, 1.165) is 5.56 Å². The van der Waals surface area contributed by atoms with Gasteiger partial charge >= 0.3 is 5.97 Å². The number of nitrogens with one attached hydrogen (secondary N) is 1. The normalized spacial score (nSPS) is 11.9. The van der Waals surface area contributed by atoms with E-state index in [1.54, 1.807) is 19.1 Å². The van der Waals surface area contributed by atoms with E-state index in [1.165, 1.54) is 6.20 Å². The molecule has 0 saturated heterocycles. The van der Waals surface area contributed by atoms with E-state index in [1.807, 2.05) is 19.1 Å². The first-order chi connectivity index (χ1) is 9.97. The number of rotatable bonds is 5. The molecular weight excluding hydrogens is 272 g/mol. The molecule has 6 heteroatoms. The molecule has 1 unspecified atom stereocenters. The van der Waals surface area contributed by atoms with Crippen molar-refractivity contribution in [3.8, 4) is 0 Å². The number of nitrogens with zero attached hydrogens (tertiary/aromatic N) is 1. The molecule has 0 aliphatic heterocycles. The van der Waals surface area contributed by atoms with Gasteiger partial charge in [-0.25, -0.2) is 0 Å². The third-order valence-electron chi connectivity index (χ3n) is 3.21. The number of amides is 1. The molecule has 2 N–H and O–H groups in total. The van der Waals surface area contributed by atoms with Gasteiger partial charge in [-0.3, -0.25) is 9.59 Å². The maximum atomic E-state index is 12.0. The van der Waals surface area contributed by atoms with Crippen molar-refractivity contribution in [2.45, 2.75) is 26.2 Å². The zero-order valence-electron chi connectivity index (χ0n) is 11.8. The smallest absolute Gasteiger partial charge is 0.303 e. The van der Waals surface area contributed by atoms with Gasteiger partial charge in [-0.15, -0.1) is 0 Å². The van der Waals surface area contributed by atoms with Crippen molar-refractivity contribution < 1.29 is 19.2 Å². The standard InChI is InChI=1S/C15H16N2O4/c1-9(7-14(18)19)11-3-5-12(6-4-11)17-15(20)13-8-16-21-10(13)2/h3-6,8-9H,7H2,1-2H3,(H,17,20)(H,18,19). The summed E-state index contributed by atoms with van der Waals surface area (Å²) in [6.45, 7) is 3.51. The molecule has 2 aromatic rings. The Balaban J connectivity index is 2.04. The van der Waals surface area contributed by atoms with Gasteiger partial charge in [0.05, 0.1) is 12.6 Å². The quantitative estimate of drug-likeness (QED) is 0.882. The molecule has 6 nitrogen and oxygen atoms in total. The minimum Gasteiger partial charge on any atom is -0.481 e. The topological polar surface area (TPSA) is 92.4 Å². The highest BCUT2D eigenvalue weighted by atomic mass is 16.5. The van der Waals surface area contributed by atoms with Gasteiger partial charge in [0, 0.05) is 5.69 Å². The molecule has 0 aliphatic rings. The van der Waals surface area contributed by atoms with Crippen molar-refractivity contribution in [3.63, 3.8) is 0 Å². The maximum absolute atomic E-state index is 12.0. The average Bonchev–Trinajstić information content (AvgIpc) is 2.85. The van der Waals surface area contributed by atoms with E-state index in [-0.39, 0.29) is 18.2 Å². The summed E-state index contributed by atoms with van der Waals surface area (Å²) in [5, 5.41) is 15.1. The first kappa shape index (κ1) is 14.8. The molecule has 2 rings (SSSR count). The first-order valence-electron chi connectivity index (χ1n) is 6.51. The molecule has 0 bridgehead atoms. The zero-order chi connectivity index (χ0) is 15.4. The summed E-state index contributed by atoms with van der Waals surface area (Å²) in [5.41, 5.74) is 1.93. The average molecular weight is 288 g/mol. The molecule has 0 fully saturated rings. The van der Waals surface area contributed by atoms with Gasteiger partial charge < -0.3 is 14.9 Å². The van der Waals surface area contributed by atoms with Gasteiger partial charge in [-0.05, 0) is 30.5 Å². The lowest BCUT2D eigenvalue weighted by atomic mass is 9.98. The van der Waals surface area contributed by atoms with Crippen LogP contribution in [0.15, 0.2) is 35.0 Å². The Morgan fingerprint density at radius 3 is 2.52 bits per heavy atom. The molecule has 1 amide bonds. The van der Waals surface area contributed by atoms with Gasteiger partial charge in [-0.1, -0.05) is 24.2 Å². The van der Waals surface area contributed by atoms with Crippen LogP contribution in [-0.4, -0.2) is 22.1 Å². The van der Waals surface area contributed by atoms with Crippen molar-refractivity contribution in [3.05, 3.63) is 47.3 Å². The summed E-state index contributed by atoms with van der Waals surface area (Å²) in [6, 6.07) is 7.11. The van der Waals surface area contributed by atoms with Crippen LogP contribution in [0.5, 0.6) is 0 Å². The highest BCUT2D eigenvalue weighted by molar-refractivity contribution is 6.04. The van der Waals surface area contributed by atoms with Crippen molar-refractivity contribution in [1.82, 2.24) is 5.16 Å². The lowest BCUT2D eigenvalue weighted by Gasteiger charge is -2.10. The van der Waals surface area contributed by atoms with Crippen LogP contribution in [0.25, 0.3) is 0 Å². The number of hydrogen-bond acceptors (Lipinski definition) is 4. The predicted molar refractivity (Wildman–Crippen MR) is 76.3 cm³/mol. The van der Waals surface area contributed by atoms with Crippen LogP contribution >= 0.6 is 0 Å². The molecule has 1 aromatic carbocycles. The summed E-state index contributed by atoms with van der Waals surface area (Å²) in [4.78, 5) is 22.7. The third kappa shape index (κ3) is 3.68. The molecule has 110 valence electrons. The predicted octanol–water partition coefficient (Wildman–Crippen LogP) is 2.81. The van der Waals surface area contributed by atoms with Gasteiger partial charge in [0.2, 0.25) is 0 Å². The lowest BCUT2D eigenvalue weighted by molar-refractivity contribution is -0.137. The van der Waals surface area contributed by atoms with E-state index in [2.05, 4.69) is 10.5 Å². The van der Waals surface area contributed by atoms with Gasteiger partial charge in [0.1, 0.15) is 11.3 Å². The number of carboxylic acid groups (broad SMARTS) is 1. The van der Waals surface area contributed by atoms with Crippen LogP contribution in [0.2, 0.25) is 0 Å². The monoisotopic (exact) mass is 288 g/mol. The molecule has 0 radical (unpaired) electrons. The van der Waals surface area contributed by atoms with E-state index in [0.29, 0.717) is 17.0 Å². The Morgan fingerprint density at radius 2 is 2.00 bits per heavy atom. The van der Waals surface area contributed by atoms with Gasteiger partial charge in [0.15, 0.2) is 0 Å². The summed E-state index contributed by atoms with van der Waals surface area (Å²) in [7, 11) is 0. The molecule has 1 heterocycles. The molecule has 21 heavy (non-hydrogen) atoms. The maximum Gasteiger partial charge on any atom is 0.303 e. The molecule has 0 spiro atoms. The van der Waals surface area contributed by atoms with Crippen molar-refractivity contribution in [2.24, 2.45) is 0 Å². The second-order valence-electron chi connectivity index (χ2n) is 4.87. The number of anilines is 1. The van der Waals surface area contributed by atoms with Crippen molar-refractivity contribution >= 4 is 17.6 Å². The minimum atomic E-state index is -0.831. The molecule has 1 aromatic heterocycles. The molecule has 1 atom stereocenters. The van der Waals surface area contributed by atoms with E-state index >= 15 is 0 Å². The Labute approximate surface area is 121 Å². The Bertz CT molecular complexity index is 646. The lowest BCUT2D eigenvalue weighted by Crippen LogP contribution is -2.12. The fourth-order valence-corrected chi connectivity index (χ4v) is 1.99. The summed E-state index contributed by atoms with van der Waals surface area (Å²) >= 11 is 0. The number of aliphatic carboxylic acids is 1. The van der Waals surface area contributed by atoms with Crippen LogP contribution in [0.1, 0.15) is 40.9 Å². The first-order valence-corrected chi connectivity index (χ1v) is 6.51. The number of aryl methyl sites for hydroxylation is 1. The van der Waals surface area contributed by atoms with Crippen molar-refractivity contribution in [1.29, 1.82) is 0 Å². The van der Waals surface area contributed by atoms with Crippen LogP contribution < -0.4 is 5.32 Å². The van der Waals surface area contributed by atoms with Gasteiger partial charge in [0.25, 0.3) is 5.91 Å². The second kappa shape index (κ2) is 6.21. The highest BCUT2D eigenvalue weighted by Gasteiger charge is 2.14. The minimum absolute atomic E-state index is 0.0750. The fraction of sp³-hybridized carbons (Fsp3) is 0.267. The number of aromatic nitrogens is 1. The van der Waals surface area contributed by atoms with Crippen LogP contribution in [-0.2, 0) is 4.79 Å². The van der Waals surface area contributed by atoms with E-state index in [9.17, 15) is 9.59 Å². The molecule has 0 saturated carbocycles. The van der Waals surface area contributed by atoms with Crippen LogP contribution in [0.4, 0.5) is 5.69 Å². The molecule has 0 aliphatic carbocycles. The summed E-state index contributed by atoms with van der Waals surface area (Å²) < 4.78 is 4.84. The number of hydrogen-bond donors (Lipinski definition) is 2. The zero-order valence-corrected chi connectivity index (χ0v) is 11.8. The number of carbonyl (C=O) groups excluding carboxylic acids is 1. The van der Waals surface area contributed by atoms with Gasteiger partial charge in [-0.2, -0.15) is 0 Å². The highest BCUT2D eigenvalue weighted by Crippen LogP contribution is 2.21. The van der Waals surface area contributed by atoms with Crippen LogP contribution in [0, 0.1) is 6.92 Å². The Kier molecular flexibility index (Phi) is 4.37. The Morgan fingerprint density at radius 1 is 1.33 bits per heavy atom. The van der Waals surface area contributed by atoms with E-state index in [4.69, 9.17) is 9.63 Å². The number of benzene rings is 1. The summed E-state index contributed by atoms with van der Waals surface area (Å²) in [5.74, 6) is -0.741. The number of carbonyl (C=O) groups is 2. The third-order valence-corrected chi connectivity index (χ3v) is 3.21. The molecular formula is C15H16N2O4. The van der Waals surface area contributed by atoms with Crippen LogP contribution in [0.3, 0.4) is 0 Å². The Hall–Kier alpha value is -2.63. The SMILES string of the molecule is Cc1oncc1C(=O)Nc1ccc(C(C)CC(=O)O)cc1. The second-order valence-corrected chi connectivity index (χ2v) is 4.87. The van der Waals surface area contributed by atoms with E-state index < -0.39 is 5.97 Å².